The van der Waals surface area contributed by atoms with Gasteiger partial charge in [0, 0.05) is 22.8 Å². The van der Waals surface area contributed by atoms with Crippen LogP contribution in [0, 0.1) is 12.8 Å². The van der Waals surface area contributed by atoms with E-state index < -0.39 is 0 Å². The number of carbonyl (C=O) groups is 1. The Balaban J connectivity index is 1.48. The van der Waals surface area contributed by atoms with Gasteiger partial charge >= 0.3 is 0 Å². The highest BCUT2D eigenvalue weighted by Crippen LogP contribution is 2.27. The summed E-state index contributed by atoms with van der Waals surface area (Å²) in [4.78, 5) is 19.3. The summed E-state index contributed by atoms with van der Waals surface area (Å²) in [6, 6.07) is 8.24. The molecule has 1 saturated heterocycles. The summed E-state index contributed by atoms with van der Waals surface area (Å²) in [6.45, 7) is 6.84. The van der Waals surface area contributed by atoms with Crippen molar-refractivity contribution in [1.82, 2.24) is 20.1 Å². The van der Waals surface area contributed by atoms with Gasteiger partial charge in [0.1, 0.15) is 10.0 Å². The number of benzene rings is 1. The van der Waals surface area contributed by atoms with Crippen molar-refractivity contribution in [1.29, 1.82) is 0 Å². The first-order valence-corrected chi connectivity index (χ1v) is 10.3. The zero-order chi connectivity index (χ0) is 18.8. The fourth-order valence-electron chi connectivity index (χ4n) is 3.56. The number of Topliss-reactive ketones (excluding diaryl/α,β-unsaturated/α-hetero) is 1. The van der Waals surface area contributed by atoms with E-state index in [0.29, 0.717) is 13.0 Å². The van der Waals surface area contributed by atoms with Crippen LogP contribution >= 0.6 is 11.3 Å². The molecule has 0 atom stereocenters. The van der Waals surface area contributed by atoms with Gasteiger partial charge in [-0.1, -0.05) is 30.4 Å². The van der Waals surface area contributed by atoms with Crippen LogP contribution in [-0.2, 0) is 11.2 Å². The Morgan fingerprint density at radius 3 is 2.74 bits per heavy atom. The minimum Gasteiger partial charge on any atom is -0.298 e. The van der Waals surface area contributed by atoms with Gasteiger partial charge in [-0.25, -0.2) is 0 Å². The standard InChI is InChI=1S/C21H24N4OS/c1-14-5-7-25(8-6-14)13-20(26)11-19-10-18-9-16(3-4-17(18)12-22-19)21-24-23-15(2)27-21/h3-4,9-10,12,14H,5-8,11,13H2,1-2H3. The summed E-state index contributed by atoms with van der Waals surface area (Å²) in [5.41, 5.74) is 1.89. The van der Waals surface area contributed by atoms with Crippen molar-refractivity contribution < 1.29 is 4.79 Å². The molecule has 1 aromatic carbocycles. The van der Waals surface area contributed by atoms with Crippen LogP contribution in [0.1, 0.15) is 30.5 Å². The number of ketones is 1. The number of hydrogen-bond acceptors (Lipinski definition) is 6. The zero-order valence-corrected chi connectivity index (χ0v) is 16.6. The van der Waals surface area contributed by atoms with Crippen molar-refractivity contribution in [3.05, 3.63) is 41.2 Å². The molecule has 0 saturated carbocycles. The van der Waals surface area contributed by atoms with E-state index in [-0.39, 0.29) is 5.78 Å². The Morgan fingerprint density at radius 2 is 2.00 bits per heavy atom. The Kier molecular flexibility index (Phi) is 5.27. The lowest BCUT2D eigenvalue weighted by molar-refractivity contribution is -0.119. The predicted octanol–water partition coefficient (Wildman–Crippen LogP) is 3.91. The van der Waals surface area contributed by atoms with Crippen molar-refractivity contribution in [2.45, 2.75) is 33.1 Å². The maximum absolute atomic E-state index is 12.5. The normalized spacial score (nSPS) is 16.1. The second kappa shape index (κ2) is 7.82. The number of aryl methyl sites for hydroxylation is 1. The first-order chi connectivity index (χ1) is 13.1. The average molecular weight is 381 g/mol. The lowest BCUT2D eigenvalue weighted by Crippen LogP contribution is -2.37. The van der Waals surface area contributed by atoms with Gasteiger partial charge in [-0.3, -0.25) is 14.7 Å². The van der Waals surface area contributed by atoms with E-state index in [1.807, 2.05) is 25.3 Å². The molecule has 0 bridgehead atoms. The smallest absolute Gasteiger partial charge is 0.152 e. The maximum Gasteiger partial charge on any atom is 0.152 e. The SMILES string of the molecule is Cc1nnc(-c2ccc3cnc(CC(=O)CN4CCC(C)CC4)cc3c2)s1. The van der Waals surface area contributed by atoms with Gasteiger partial charge in [-0.2, -0.15) is 0 Å². The second-order valence-electron chi connectivity index (χ2n) is 7.54. The van der Waals surface area contributed by atoms with Gasteiger partial charge < -0.3 is 0 Å². The highest BCUT2D eigenvalue weighted by molar-refractivity contribution is 7.14. The van der Waals surface area contributed by atoms with Crippen molar-refractivity contribution in [3.63, 3.8) is 0 Å². The topological polar surface area (TPSA) is 59.0 Å². The summed E-state index contributed by atoms with van der Waals surface area (Å²) < 4.78 is 0. The van der Waals surface area contributed by atoms with Gasteiger partial charge in [-0.15, -0.1) is 10.2 Å². The first-order valence-electron chi connectivity index (χ1n) is 9.50. The van der Waals surface area contributed by atoms with Crippen LogP contribution in [0.4, 0.5) is 0 Å². The van der Waals surface area contributed by atoms with Gasteiger partial charge in [0.05, 0.1) is 13.0 Å². The van der Waals surface area contributed by atoms with E-state index in [9.17, 15) is 4.79 Å². The molecule has 4 rings (SSSR count). The lowest BCUT2D eigenvalue weighted by Gasteiger charge is -2.29. The molecule has 3 aromatic rings. The van der Waals surface area contributed by atoms with Crippen LogP contribution < -0.4 is 0 Å². The molecule has 0 amide bonds. The largest absolute Gasteiger partial charge is 0.298 e. The predicted molar refractivity (Wildman–Crippen MR) is 109 cm³/mol. The highest BCUT2D eigenvalue weighted by atomic mass is 32.1. The first kappa shape index (κ1) is 18.2. The Hall–Kier alpha value is -2.18. The van der Waals surface area contributed by atoms with Crippen LogP contribution in [0.15, 0.2) is 30.5 Å². The van der Waals surface area contributed by atoms with Crippen molar-refractivity contribution in [2.75, 3.05) is 19.6 Å². The molecule has 6 heteroatoms. The number of hydrogen-bond donors (Lipinski definition) is 0. The van der Waals surface area contributed by atoms with E-state index in [1.54, 1.807) is 11.3 Å². The van der Waals surface area contributed by atoms with Gasteiger partial charge in [0.2, 0.25) is 0 Å². The number of aromatic nitrogens is 3. The number of likely N-dealkylation sites (tertiary alicyclic amines) is 1. The van der Waals surface area contributed by atoms with Gasteiger partial charge in [0.15, 0.2) is 5.78 Å². The molecule has 0 unspecified atom stereocenters. The van der Waals surface area contributed by atoms with Crippen LogP contribution in [0.3, 0.4) is 0 Å². The third-order valence-electron chi connectivity index (χ3n) is 5.21. The van der Waals surface area contributed by atoms with E-state index in [4.69, 9.17) is 0 Å². The fourth-order valence-corrected chi connectivity index (χ4v) is 4.24. The minimum atomic E-state index is 0.243. The number of piperidine rings is 1. The van der Waals surface area contributed by atoms with E-state index >= 15 is 0 Å². The molecule has 0 aliphatic carbocycles. The quantitative estimate of drug-likeness (QED) is 0.672. The third-order valence-corrected chi connectivity index (χ3v) is 6.09. The van der Waals surface area contributed by atoms with Crippen molar-refractivity contribution >= 4 is 27.9 Å². The molecule has 140 valence electrons. The minimum absolute atomic E-state index is 0.243. The molecule has 0 N–H and O–H groups in total. The maximum atomic E-state index is 12.5. The molecule has 1 aliphatic heterocycles. The molecule has 3 heterocycles. The lowest BCUT2D eigenvalue weighted by atomic mass is 9.99. The number of fused-ring (bicyclic) bond motifs is 1. The van der Waals surface area contributed by atoms with Crippen LogP contribution in [0.25, 0.3) is 21.3 Å². The highest BCUT2D eigenvalue weighted by Gasteiger charge is 2.18. The average Bonchev–Trinajstić information content (AvgIpc) is 3.09. The third kappa shape index (κ3) is 4.39. The Bertz CT molecular complexity index is 960. The fraction of sp³-hybridized carbons (Fsp3) is 0.429. The van der Waals surface area contributed by atoms with Crippen molar-refractivity contribution in [2.24, 2.45) is 5.92 Å². The summed E-state index contributed by atoms with van der Waals surface area (Å²) in [5, 5.41) is 12.4. The summed E-state index contributed by atoms with van der Waals surface area (Å²) in [6.07, 6.45) is 4.63. The molecule has 1 aliphatic rings. The summed E-state index contributed by atoms with van der Waals surface area (Å²) in [5.74, 6) is 1.02. The molecular formula is C21H24N4OS. The zero-order valence-electron chi connectivity index (χ0n) is 15.8. The van der Waals surface area contributed by atoms with Crippen LogP contribution in [0.2, 0.25) is 0 Å². The Morgan fingerprint density at radius 1 is 1.19 bits per heavy atom. The summed E-state index contributed by atoms with van der Waals surface area (Å²) in [7, 11) is 0. The number of carbonyl (C=O) groups excluding carboxylic acids is 1. The molecular weight excluding hydrogens is 356 g/mol. The molecule has 2 aromatic heterocycles. The van der Waals surface area contributed by atoms with E-state index in [1.165, 1.54) is 12.8 Å². The molecule has 1 fully saturated rings. The van der Waals surface area contributed by atoms with E-state index in [0.717, 1.165) is 51.1 Å². The van der Waals surface area contributed by atoms with E-state index in [2.05, 4.69) is 39.1 Å². The molecule has 0 radical (unpaired) electrons. The monoisotopic (exact) mass is 380 g/mol. The van der Waals surface area contributed by atoms with Gasteiger partial charge in [0.25, 0.3) is 0 Å². The molecule has 27 heavy (non-hydrogen) atoms. The number of nitrogens with zero attached hydrogens (tertiary/aromatic N) is 4. The second-order valence-corrected chi connectivity index (χ2v) is 8.72. The van der Waals surface area contributed by atoms with Crippen LogP contribution in [-0.4, -0.2) is 45.5 Å². The van der Waals surface area contributed by atoms with Crippen molar-refractivity contribution in [3.8, 4) is 10.6 Å². The van der Waals surface area contributed by atoms with Gasteiger partial charge in [-0.05, 0) is 56.3 Å². The summed E-state index contributed by atoms with van der Waals surface area (Å²) >= 11 is 1.59. The number of rotatable bonds is 5. The Labute approximate surface area is 163 Å². The molecule has 5 nitrogen and oxygen atoms in total. The number of pyridine rings is 1. The van der Waals surface area contributed by atoms with Crippen LogP contribution in [0.5, 0.6) is 0 Å². The molecule has 0 spiro atoms.